The second kappa shape index (κ2) is 7.48. The van der Waals surface area contributed by atoms with Crippen LogP contribution >= 0.6 is 11.3 Å². The molecule has 7 heteroatoms. The van der Waals surface area contributed by atoms with Crippen LogP contribution in [0.4, 0.5) is 0 Å². The molecular formula is C19H24N2O3S2. The molecule has 2 aromatic rings. The summed E-state index contributed by atoms with van der Waals surface area (Å²) in [6, 6.07) is 8.13. The molecule has 1 atom stereocenters. The highest BCUT2D eigenvalue weighted by Gasteiger charge is 2.29. The van der Waals surface area contributed by atoms with Gasteiger partial charge in [-0.25, -0.2) is 13.4 Å². The van der Waals surface area contributed by atoms with Crippen LogP contribution in [0.5, 0.6) is 0 Å². The van der Waals surface area contributed by atoms with Crippen LogP contribution in [0.15, 0.2) is 24.3 Å². The van der Waals surface area contributed by atoms with Crippen LogP contribution in [0.3, 0.4) is 0 Å². The molecule has 140 valence electrons. The molecule has 2 heterocycles. The van der Waals surface area contributed by atoms with Gasteiger partial charge in [-0.15, -0.1) is 11.3 Å². The van der Waals surface area contributed by atoms with Gasteiger partial charge in [0.1, 0.15) is 0 Å². The summed E-state index contributed by atoms with van der Waals surface area (Å²) in [5.41, 5.74) is 3.05. The molecule has 26 heavy (non-hydrogen) atoms. The number of amides is 1. The summed E-state index contributed by atoms with van der Waals surface area (Å²) in [5, 5.41) is 0.546. The second-order valence-corrected chi connectivity index (χ2v) is 10.7. The van der Waals surface area contributed by atoms with Gasteiger partial charge in [-0.05, 0) is 27.2 Å². The summed E-state index contributed by atoms with van der Waals surface area (Å²) >= 11 is 1.53. The Morgan fingerprint density at radius 3 is 2.62 bits per heavy atom. The highest BCUT2D eigenvalue weighted by molar-refractivity contribution is 7.92. The maximum Gasteiger partial charge on any atom is 0.227 e. The van der Waals surface area contributed by atoms with Gasteiger partial charge in [0, 0.05) is 23.5 Å². The van der Waals surface area contributed by atoms with E-state index in [-0.39, 0.29) is 29.9 Å². The van der Waals surface area contributed by atoms with Crippen molar-refractivity contribution in [3.63, 3.8) is 0 Å². The summed E-state index contributed by atoms with van der Waals surface area (Å²) in [5.74, 6) is 0.0261. The van der Waals surface area contributed by atoms with Crippen LogP contribution in [0, 0.1) is 13.8 Å². The molecule has 1 unspecified atom stereocenters. The minimum absolute atomic E-state index is 0.0219. The predicted octanol–water partition coefficient (Wildman–Crippen LogP) is 3.01. The fraction of sp³-hybridized carbons (Fsp3) is 0.474. The third-order valence-corrected chi connectivity index (χ3v) is 8.04. The standard InChI is InChI=1S/C19H24N2O3S2/c1-13-4-6-16(7-5-13)19-17(25-15(3)20-19)12-18(22)21-9-8-14(2)26(23,24)11-10-21/h4-7,14H,8-12H2,1-3H3. The van der Waals surface area contributed by atoms with Crippen LogP contribution in [0.1, 0.15) is 28.8 Å². The first-order valence-corrected chi connectivity index (χ1v) is 11.3. The summed E-state index contributed by atoms with van der Waals surface area (Å²) < 4.78 is 24.1. The third kappa shape index (κ3) is 4.15. The number of hydrogen-bond acceptors (Lipinski definition) is 5. The lowest BCUT2D eigenvalue weighted by Crippen LogP contribution is -2.34. The SMILES string of the molecule is Cc1ccc(-c2nc(C)sc2CC(=O)N2CCC(C)S(=O)(=O)CC2)cc1. The molecule has 0 aliphatic carbocycles. The first-order chi connectivity index (χ1) is 12.3. The molecule has 0 radical (unpaired) electrons. The van der Waals surface area contributed by atoms with Crippen molar-refractivity contribution in [1.82, 2.24) is 9.88 Å². The molecule has 1 amide bonds. The maximum absolute atomic E-state index is 12.8. The van der Waals surface area contributed by atoms with Gasteiger partial charge in [-0.1, -0.05) is 29.8 Å². The Labute approximate surface area is 159 Å². The smallest absolute Gasteiger partial charge is 0.227 e. The lowest BCUT2D eigenvalue weighted by molar-refractivity contribution is -0.130. The Balaban J connectivity index is 1.79. The van der Waals surface area contributed by atoms with Crippen molar-refractivity contribution in [3.05, 3.63) is 39.7 Å². The van der Waals surface area contributed by atoms with E-state index in [2.05, 4.69) is 4.98 Å². The Bertz CT molecular complexity index is 901. The van der Waals surface area contributed by atoms with Crippen LogP contribution in [-0.2, 0) is 21.1 Å². The number of hydrogen-bond donors (Lipinski definition) is 0. The fourth-order valence-electron chi connectivity index (χ4n) is 3.09. The number of sulfone groups is 1. The number of carbonyl (C=O) groups excluding carboxylic acids is 1. The topological polar surface area (TPSA) is 67.3 Å². The summed E-state index contributed by atoms with van der Waals surface area (Å²) in [4.78, 5) is 20.0. The van der Waals surface area contributed by atoms with Gasteiger partial charge in [0.25, 0.3) is 0 Å². The Morgan fingerprint density at radius 2 is 1.92 bits per heavy atom. The molecule has 1 fully saturated rings. The van der Waals surface area contributed by atoms with E-state index in [9.17, 15) is 13.2 Å². The number of nitrogens with zero attached hydrogens (tertiary/aromatic N) is 2. The Kier molecular flexibility index (Phi) is 5.48. The number of carbonyl (C=O) groups is 1. The number of thiazole rings is 1. The van der Waals surface area contributed by atoms with E-state index in [0.717, 1.165) is 21.1 Å². The third-order valence-electron chi connectivity index (χ3n) is 4.86. The van der Waals surface area contributed by atoms with Crippen molar-refractivity contribution in [2.24, 2.45) is 0 Å². The molecule has 5 nitrogen and oxygen atoms in total. The van der Waals surface area contributed by atoms with E-state index in [1.165, 1.54) is 16.9 Å². The number of aromatic nitrogens is 1. The predicted molar refractivity (Wildman–Crippen MR) is 105 cm³/mol. The van der Waals surface area contributed by atoms with Gasteiger partial charge < -0.3 is 4.90 Å². The summed E-state index contributed by atoms with van der Waals surface area (Å²) in [6.45, 7) is 6.48. The second-order valence-electron chi connectivity index (χ2n) is 6.89. The van der Waals surface area contributed by atoms with Gasteiger partial charge in [0.2, 0.25) is 5.91 Å². The lowest BCUT2D eigenvalue weighted by Gasteiger charge is -2.19. The van der Waals surface area contributed by atoms with Crippen LogP contribution in [0.25, 0.3) is 11.3 Å². The molecule has 0 spiro atoms. The molecule has 1 aromatic carbocycles. The van der Waals surface area contributed by atoms with Crippen molar-refractivity contribution in [1.29, 1.82) is 0 Å². The van der Waals surface area contributed by atoms with E-state index in [4.69, 9.17) is 0 Å². The molecule has 0 saturated carbocycles. The van der Waals surface area contributed by atoms with E-state index >= 15 is 0 Å². The van der Waals surface area contributed by atoms with E-state index in [0.29, 0.717) is 13.0 Å². The fourth-order valence-corrected chi connectivity index (χ4v) is 5.38. The summed E-state index contributed by atoms with van der Waals surface area (Å²) in [6.07, 6.45) is 0.768. The molecule has 0 N–H and O–H groups in total. The highest BCUT2D eigenvalue weighted by Crippen LogP contribution is 2.29. The van der Waals surface area contributed by atoms with Gasteiger partial charge in [-0.2, -0.15) is 0 Å². The van der Waals surface area contributed by atoms with Crippen LogP contribution < -0.4 is 0 Å². The zero-order chi connectivity index (χ0) is 18.9. The minimum atomic E-state index is -3.09. The molecule has 1 aromatic heterocycles. The van der Waals surface area contributed by atoms with Crippen molar-refractivity contribution in [2.45, 2.75) is 38.9 Å². The largest absolute Gasteiger partial charge is 0.341 e. The number of benzene rings is 1. The van der Waals surface area contributed by atoms with Crippen molar-refractivity contribution >= 4 is 27.1 Å². The van der Waals surface area contributed by atoms with Gasteiger partial charge in [0.05, 0.1) is 28.1 Å². The average Bonchev–Trinajstić information content (AvgIpc) is 2.88. The monoisotopic (exact) mass is 392 g/mol. The van der Waals surface area contributed by atoms with Gasteiger partial charge >= 0.3 is 0 Å². The number of rotatable bonds is 3. The Hall–Kier alpha value is -1.73. The van der Waals surface area contributed by atoms with E-state index in [1.54, 1.807) is 11.8 Å². The molecule has 1 saturated heterocycles. The number of aryl methyl sites for hydroxylation is 2. The van der Waals surface area contributed by atoms with Crippen molar-refractivity contribution in [2.75, 3.05) is 18.8 Å². The minimum Gasteiger partial charge on any atom is -0.341 e. The van der Waals surface area contributed by atoms with Crippen molar-refractivity contribution in [3.8, 4) is 11.3 Å². The first-order valence-electron chi connectivity index (χ1n) is 8.79. The van der Waals surface area contributed by atoms with Crippen molar-refractivity contribution < 1.29 is 13.2 Å². The zero-order valence-corrected chi connectivity index (χ0v) is 17.0. The quantitative estimate of drug-likeness (QED) is 0.805. The highest BCUT2D eigenvalue weighted by atomic mass is 32.2. The molecular weight excluding hydrogens is 368 g/mol. The molecule has 1 aliphatic rings. The molecule has 3 rings (SSSR count). The van der Waals surface area contributed by atoms with E-state index in [1.807, 2.05) is 38.1 Å². The normalized spacial score (nSPS) is 20.0. The Morgan fingerprint density at radius 1 is 1.23 bits per heavy atom. The van der Waals surface area contributed by atoms with Gasteiger partial charge in [0.15, 0.2) is 9.84 Å². The van der Waals surface area contributed by atoms with E-state index < -0.39 is 9.84 Å². The average molecular weight is 393 g/mol. The maximum atomic E-state index is 12.8. The first kappa shape index (κ1) is 19.0. The molecule has 1 aliphatic heterocycles. The van der Waals surface area contributed by atoms with Gasteiger partial charge in [-0.3, -0.25) is 4.79 Å². The van der Waals surface area contributed by atoms with Crippen LogP contribution in [-0.4, -0.2) is 48.3 Å². The van der Waals surface area contributed by atoms with Crippen LogP contribution in [0.2, 0.25) is 0 Å². The molecule has 0 bridgehead atoms. The zero-order valence-electron chi connectivity index (χ0n) is 15.4. The summed E-state index contributed by atoms with van der Waals surface area (Å²) in [7, 11) is -3.09. The lowest BCUT2D eigenvalue weighted by atomic mass is 10.1.